The van der Waals surface area contributed by atoms with Crippen LogP contribution >= 0.6 is 0 Å². The molecule has 0 amide bonds. The number of hydrogen-bond donors (Lipinski definition) is 0. The summed E-state index contributed by atoms with van der Waals surface area (Å²) in [6.45, 7) is 18.1. The molecule has 0 bridgehead atoms. The van der Waals surface area contributed by atoms with Crippen molar-refractivity contribution in [3.63, 3.8) is 0 Å². The summed E-state index contributed by atoms with van der Waals surface area (Å²) in [4.78, 5) is 14.0. The van der Waals surface area contributed by atoms with E-state index in [2.05, 4.69) is 238 Å². The molecule has 63 heavy (non-hydrogen) atoms. The van der Waals surface area contributed by atoms with Gasteiger partial charge in [-0.2, -0.15) is 18.8 Å². The molecule has 0 unspecified atom stereocenters. The van der Waals surface area contributed by atoms with E-state index in [0.29, 0.717) is 0 Å². The Morgan fingerprint density at radius 2 is 1.24 bits per heavy atom. The third-order valence-electron chi connectivity index (χ3n) is 12.2. The van der Waals surface area contributed by atoms with Crippen LogP contribution in [-0.4, -0.2) is 21.5 Å². The molecule has 318 valence electrons. The van der Waals surface area contributed by atoms with Gasteiger partial charge in [-0.15, -0.1) is 41.4 Å². The van der Waals surface area contributed by atoms with E-state index in [-0.39, 0.29) is 31.9 Å². The summed E-state index contributed by atoms with van der Waals surface area (Å²) in [5.74, 6) is 1.94. The fourth-order valence-electron chi connectivity index (χ4n) is 8.91. The number of hydrogen-bond acceptors (Lipinski definition) is 5. The van der Waals surface area contributed by atoms with Crippen LogP contribution in [0.25, 0.3) is 39.8 Å². The summed E-state index contributed by atoms with van der Waals surface area (Å²) in [6.07, 6.45) is 6.29. The van der Waals surface area contributed by atoms with E-state index in [4.69, 9.17) is 4.98 Å². The molecule has 0 saturated carbocycles. The van der Waals surface area contributed by atoms with Crippen molar-refractivity contribution in [2.45, 2.75) is 59.3 Å². The molecule has 0 saturated heterocycles. The molecule has 0 atom stereocenters. The summed E-state index contributed by atoms with van der Waals surface area (Å²) in [7, 11) is 2.13. The molecule has 10 rings (SSSR count). The van der Waals surface area contributed by atoms with E-state index in [1.165, 1.54) is 22.3 Å². The summed E-state index contributed by atoms with van der Waals surface area (Å²) < 4.78 is 2.23. The molecule has 7 heteroatoms. The number of pyridine rings is 1. The van der Waals surface area contributed by atoms with Gasteiger partial charge in [-0.1, -0.05) is 137 Å². The average molecular weight is 1000 g/mol. The Hall–Kier alpha value is -6.36. The Bertz CT molecular complexity index is 2990. The molecule has 0 N–H and O–H groups in total. The van der Waals surface area contributed by atoms with E-state index in [0.717, 1.165) is 73.3 Å². The van der Waals surface area contributed by atoms with E-state index in [1.54, 1.807) is 0 Å². The van der Waals surface area contributed by atoms with Crippen molar-refractivity contribution in [2.24, 2.45) is 0 Å². The maximum atomic E-state index is 4.83. The second-order valence-corrected chi connectivity index (χ2v) is 18.5. The van der Waals surface area contributed by atoms with Gasteiger partial charge in [-0.3, -0.25) is 4.90 Å². The largest absolute Gasteiger partial charge is 0.496 e. The van der Waals surface area contributed by atoms with E-state index in [9.17, 15) is 0 Å². The Kier molecular flexibility index (Phi) is 10.7. The molecule has 6 nitrogen and oxygen atoms in total. The molecule has 0 aliphatic carbocycles. The average Bonchev–Trinajstić information content (AvgIpc) is 3.69. The van der Waals surface area contributed by atoms with Gasteiger partial charge < -0.3 is 19.3 Å². The smallest absolute Gasteiger partial charge is 0.135 e. The molecule has 0 radical (unpaired) electrons. The van der Waals surface area contributed by atoms with Crippen LogP contribution in [0.4, 0.5) is 34.1 Å². The van der Waals surface area contributed by atoms with Gasteiger partial charge in [0.05, 0.1) is 11.4 Å². The molecule has 0 fully saturated rings. The number of para-hydroxylation sites is 3. The van der Waals surface area contributed by atoms with Crippen LogP contribution in [0.5, 0.6) is 0 Å². The fourth-order valence-corrected chi connectivity index (χ4v) is 8.91. The van der Waals surface area contributed by atoms with E-state index in [1.807, 2.05) is 18.3 Å². The molecular weight excluding hydrogens is 952 g/mol. The first-order valence-corrected chi connectivity index (χ1v) is 21.4. The zero-order valence-electron chi connectivity index (χ0n) is 37.1. The first kappa shape index (κ1) is 42.0. The minimum atomic E-state index is -0.0835. The monoisotopic (exact) mass is 1000 g/mol. The van der Waals surface area contributed by atoms with Crippen molar-refractivity contribution in [3.8, 4) is 5.82 Å². The standard InChI is InChI=1S/C56H51N6.Pt/c1-38-54(62-49-23-12-9-18-39(49)27-28-40-19-10-13-24-50(40)62)58(8)37-59(38)43-20-17-21-44(35-43)60(46-33-41(55(2,3)4)32-42(34-46)56(5,6)7)45-29-30-48-47-22-11-14-25-51(47)61(52(48)36-45)53-26-15-16-31-57-53;/h9-34,37H,1-8H3;/q-3;. The van der Waals surface area contributed by atoms with Gasteiger partial charge in [0.25, 0.3) is 0 Å². The van der Waals surface area contributed by atoms with Crippen molar-refractivity contribution >= 4 is 68.1 Å². The number of fused-ring (bicyclic) bond motifs is 5. The van der Waals surface area contributed by atoms with Gasteiger partial charge in [0.1, 0.15) is 11.6 Å². The van der Waals surface area contributed by atoms with Crippen LogP contribution in [0.15, 0.2) is 157 Å². The van der Waals surface area contributed by atoms with Gasteiger partial charge in [-0.05, 0) is 94.9 Å². The van der Waals surface area contributed by atoms with E-state index >= 15 is 0 Å². The maximum absolute atomic E-state index is 4.83. The molecule has 4 heterocycles. The maximum Gasteiger partial charge on any atom is 0.135 e. The summed E-state index contributed by atoms with van der Waals surface area (Å²) in [6, 6.07) is 57.8. The Labute approximate surface area is 386 Å². The van der Waals surface area contributed by atoms with Gasteiger partial charge in [0, 0.05) is 44.2 Å². The molecule has 6 aromatic carbocycles. The topological polar surface area (TPSA) is 30.8 Å². The van der Waals surface area contributed by atoms with E-state index < -0.39 is 0 Å². The molecule has 2 aromatic heterocycles. The Balaban J connectivity index is 0.00000504. The summed E-state index contributed by atoms with van der Waals surface area (Å²) in [5, 5.41) is 2.29. The third kappa shape index (κ3) is 7.44. The fraction of sp³-hybridized carbons (Fsp3) is 0.179. The van der Waals surface area contributed by atoms with Crippen LogP contribution in [0, 0.1) is 18.8 Å². The first-order valence-electron chi connectivity index (χ1n) is 21.4. The predicted octanol–water partition coefficient (Wildman–Crippen LogP) is 14.2. The van der Waals surface area contributed by atoms with Gasteiger partial charge in [0.15, 0.2) is 0 Å². The summed E-state index contributed by atoms with van der Waals surface area (Å²) in [5.41, 5.74) is 14.0. The van der Waals surface area contributed by atoms with Crippen molar-refractivity contribution < 1.29 is 21.1 Å². The third-order valence-corrected chi connectivity index (χ3v) is 12.2. The number of aromatic nitrogens is 2. The zero-order chi connectivity index (χ0) is 42.9. The number of anilines is 6. The second-order valence-electron chi connectivity index (χ2n) is 18.5. The van der Waals surface area contributed by atoms with Crippen molar-refractivity contribution in [1.82, 2.24) is 14.5 Å². The molecule has 0 spiro atoms. The molecule has 2 aliphatic rings. The number of rotatable bonds is 6. The second kappa shape index (κ2) is 16.1. The van der Waals surface area contributed by atoms with Crippen molar-refractivity contribution in [1.29, 1.82) is 0 Å². The minimum Gasteiger partial charge on any atom is -0.496 e. The van der Waals surface area contributed by atoms with Gasteiger partial charge in [-0.25, -0.2) is 4.98 Å². The van der Waals surface area contributed by atoms with Gasteiger partial charge in [0.2, 0.25) is 0 Å². The van der Waals surface area contributed by atoms with Gasteiger partial charge >= 0.3 is 0 Å². The van der Waals surface area contributed by atoms with Crippen molar-refractivity contribution in [3.05, 3.63) is 198 Å². The Morgan fingerprint density at radius 1 is 0.619 bits per heavy atom. The van der Waals surface area contributed by atoms with Crippen LogP contribution < -0.4 is 14.7 Å². The molecule has 2 aliphatic heterocycles. The van der Waals surface area contributed by atoms with Crippen LogP contribution in [0.3, 0.4) is 0 Å². The van der Waals surface area contributed by atoms with Crippen LogP contribution in [-0.2, 0) is 31.9 Å². The summed E-state index contributed by atoms with van der Waals surface area (Å²) >= 11 is 0. The van der Waals surface area contributed by atoms with Crippen LogP contribution in [0.2, 0.25) is 0 Å². The number of allylic oxidation sites excluding steroid dienone is 1. The number of benzene rings is 6. The normalized spacial score (nSPS) is 13.9. The quantitative estimate of drug-likeness (QED) is 0.155. The SMILES string of the molecule is CC1=C(N2c3ccccc3C=Cc3ccccc32)N(C)[CH-]N1c1[c-]c(N(c2[c-]c3c(cc2)c2ccccc2n3-c2ccccn2)c2cc(C(C)(C)C)cc(C(C)(C)C)c2)ccc1.[Pt]. The zero-order valence-corrected chi connectivity index (χ0v) is 39.4. The molecule has 8 aromatic rings. The Morgan fingerprint density at radius 3 is 1.89 bits per heavy atom. The van der Waals surface area contributed by atoms with Crippen LogP contribution in [0.1, 0.15) is 70.7 Å². The molecular formula is C56H51N6Pt-3. The minimum absolute atomic E-state index is 0. The predicted molar refractivity (Wildman–Crippen MR) is 260 cm³/mol. The van der Waals surface area contributed by atoms with Crippen molar-refractivity contribution in [2.75, 3.05) is 21.7 Å². The first-order chi connectivity index (χ1) is 29.8. The number of nitrogens with zero attached hydrogens (tertiary/aromatic N) is 6.